The van der Waals surface area contributed by atoms with Gasteiger partial charge in [-0.2, -0.15) is 0 Å². The molecule has 3 aliphatic heterocycles. The summed E-state index contributed by atoms with van der Waals surface area (Å²) in [4.78, 5) is 33.8. The molecule has 0 bridgehead atoms. The number of carbonyl (C=O) groups excluding carboxylic acids is 2. The van der Waals surface area contributed by atoms with Gasteiger partial charge in [0, 0.05) is 38.8 Å². The Morgan fingerprint density at radius 2 is 1.85 bits per heavy atom. The number of nitrogens with one attached hydrogen (secondary N) is 2. The summed E-state index contributed by atoms with van der Waals surface area (Å²) in [7, 11) is 0. The number of hydroxylamine groups is 2. The van der Waals surface area contributed by atoms with E-state index in [-0.39, 0.29) is 18.2 Å². The molecular formula is C18H33N5O3. The van der Waals surface area contributed by atoms with Gasteiger partial charge in [0.05, 0.1) is 0 Å². The summed E-state index contributed by atoms with van der Waals surface area (Å²) >= 11 is 0. The van der Waals surface area contributed by atoms with Crippen LogP contribution in [0.15, 0.2) is 0 Å². The quantitative estimate of drug-likeness (QED) is 0.628. The van der Waals surface area contributed by atoms with Crippen molar-refractivity contribution in [1.29, 1.82) is 0 Å². The third-order valence-corrected chi connectivity index (χ3v) is 5.98. The minimum Gasteiger partial charge on any atom is -0.364 e. The molecule has 3 rings (SSSR count). The second kappa shape index (κ2) is 9.64. The number of carbonyl (C=O) groups is 2. The number of rotatable bonds is 6. The molecule has 1 amide bonds. The zero-order chi connectivity index (χ0) is 18.4. The molecule has 0 spiro atoms. The number of hydrogen-bond donors (Lipinski definition) is 2. The Hall–Kier alpha value is -1.22. The van der Waals surface area contributed by atoms with E-state index in [2.05, 4.69) is 20.4 Å². The van der Waals surface area contributed by atoms with E-state index in [0.717, 1.165) is 58.5 Å². The number of hydrogen-bond acceptors (Lipinski definition) is 7. The summed E-state index contributed by atoms with van der Waals surface area (Å²) in [5, 5.41) is 7.80. The molecule has 0 radical (unpaired) electrons. The highest BCUT2D eigenvalue weighted by molar-refractivity contribution is 5.75. The first-order chi connectivity index (χ1) is 12.7. The molecule has 3 fully saturated rings. The van der Waals surface area contributed by atoms with E-state index in [1.54, 1.807) is 5.06 Å². The second-order valence-corrected chi connectivity index (χ2v) is 7.58. The average Bonchev–Trinajstić information content (AvgIpc) is 2.70. The average molecular weight is 367 g/mol. The maximum absolute atomic E-state index is 12.6. The van der Waals surface area contributed by atoms with Crippen LogP contribution in [0.3, 0.4) is 0 Å². The van der Waals surface area contributed by atoms with Crippen LogP contribution in [-0.4, -0.2) is 91.3 Å². The van der Waals surface area contributed by atoms with Gasteiger partial charge in [-0.25, -0.2) is 4.79 Å². The van der Waals surface area contributed by atoms with Gasteiger partial charge in [-0.15, -0.1) is 5.06 Å². The molecule has 0 aromatic heterocycles. The molecule has 2 unspecified atom stereocenters. The Balaban J connectivity index is 1.45. The number of piperazine rings is 1. The molecule has 0 saturated carbocycles. The first kappa shape index (κ1) is 19.5. The lowest BCUT2D eigenvalue weighted by Crippen LogP contribution is -2.57. The second-order valence-electron chi connectivity index (χ2n) is 7.58. The van der Waals surface area contributed by atoms with E-state index in [4.69, 9.17) is 4.84 Å². The van der Waals surface area contributed by atoms with Gasteiger partial charge in [-0.05, 0) is 52.1 Å². The lowest BCUT2D eigenvalue weighted by molar-refractivity contribution is -0.216. The molecule has 2 N–H and O–H groups in total. The molecule has 2 atom stereocenters. The van der Waals surface area contributed by atoms with Crippen LogP contribution in [0.2, 0.25) is 0 Å². The number of nitrogens with zero attached hydrogens (tertiary/aromatic N) is 3. The van der Waals surface area contributed by atoms with Crippen molar-refractivity contribution in [3.63, 3.8) is 0 Å². The zero-order valence-electron chi connectivity index (χ0n) is 15.9. The predicted molar refractivity (Wildman–Crippen MR) is 98.1 cm³/mol. The van der Waals surface area contributed by atoms with Crippen molar-refractivity contribution in [3.05, 3.63) is 0 Å². The lowest BCUT2D eigenvalue weighted by Gasteiger charge is -2.42. The van der Waals surface area contributed by atoms with Gasteiger partial charge in [0.1, 0.15) is 12.2 Å². The van der Waals surface area contributed by atoms with Gasteiger partial charge in [-0.3, -0.25) is 14.6 Å². The minimum atomic E-state index is -0.260. The molecular weight excluding hydrogens is 334 g/mol. The van der Waals surface area contributed by atoms with Crippen molar-refractivity contribution >= 4 is 12.4 Å². The van der Waals surface area contributed by atoms with Crippen LogP contribution in [0.25, 0.3) is 0 Å². The van der Waals surface area contributed by atoms with Crippen molar-refractivity contribution in [2.45, 2.75) is 57.3 Å². The van der Waals surface area contributed by atoms with Crippen LogP contribution in [0.5, 0.6) is 0 Å². The highest BCUT2D eigenvalue weighted by Crippen LogP contribution is 2.18. The summed E-state index contributed by atoms with van der Waals surface area (Å²) in [6.45, 7) is 8.65. The molecule has 0 aromatic carbocycles. The number of amides is 1. The van der Waals surface area contributed by atoms with Crippen LogP contribution < -0.4 is 10.6 Å². The standard InChI is InChI=1S/C18H33N5O3/c1-15(18(25)26-23-9-3-2-4-17(23)20-14-24)21-10-12-22(13-11-21)16-5-7-19-8-6-16/h14-17,19H,2-13H2,1H3,(H,20,24). The van der Waals surface area contributed by atoms with Crippen LogP contribution in [0.4, 0.5) is 0 Å². The molecule has 3 aliphatic rings. The highest BCUT2D eigenvalue weighted by atomic mass is 16.7. The molecule has 0 aromatic rings. The molecule has 0 aliphatic carbocycles. The van der Waals surface area contributed by atoms with Crippen LogP contribution >= 0.6 is 0 Å². The number of piperidine rings is 2. The summed E-state index contributed by atoms with van der Waals surface area (Å²) in [6.07, 6.45) is 5.75. The van der Waals surface area contributed by atoms with Crippen molar-refractivity contribution in [1.82, 2.24) is 25.5 Å². The SMILES string of the molecule is CC(C(=O)ON1CCCCC1NC=O)N1CCN(C2CCNCC2)CC1. The first-order valence-corrected chi connectivity index (χ1v) is 10.1. The summed E-state index contributed by atoms with van der Waals surface area (Å²) in [6, 6.07) is 0.424. The third kappa shape index (κ3) is 4.94. The Bertz CT molecular complexity index is 464. The summed E-state index contributed by atoms with van der Waals surface area (Å²) < 4.78 is 0. The predicted octanol–water partition coefficient (Wildman–Crippen LogP) is -0.239. The van der Waals surface area contributed by atoms with E-state index in [9.17, 15) is 9.59 Å². The largest absolute Gasteiger partial charge is 0.364 e. The fourth-order valence-corrected chi connectivity index (χ4v) is 4.26. The maximum atomic E-state index is 12.6. The topological polar surface area (TPSA) is 77.2 Å². The fraction of sp³-hybridized carbons (Fsp3) is 0.889. The van der Waals surface area contributed by atoms with Gasteiger partial charge in [0.2, 0.25) is 6.41 Å². The molecule has 8 nitrogen and oxygen atoms in total. The summed E-state index contributed by atoms with van der Waals surface area (Å²) in [5.74, 6) is -0.222. The Labute approximate surface area is 156 Å². The van der Waals surface area contributed by atoms with Crippen molar-refractivity contribution in [2.75, 3.05) is 45.8 Å². The monoisotopic (exact) mass is 367 g/mol. The fourth-order valence-electron chi connectivity index (χ4n) is 4.26. The smallest absolute Gasteiger partial charge is 0.341 e. The minimum absolute atomic E-state index is 0.200. The Morgan fingerprint density at radius 3 is 2.54 bits per heavy atom. The molecule has 3 heterocycles. The van der Waals surface area contributed by atoms with Crippen molar-refractivity contribution in [3.8, 4) is 0 Å². The summed E-state index contributed by atoms with van der Waals surface area (Å²) in [5.41, 5.74) is 0. The Kier molecular flexibility index (Phi) is 7.24. The van der Waals surface area contributed by atoms with Gasteiger partial charge in [-0.1, -0.05) is 0 Å². The third-order valence-electron chi connectivity index (χ3n) is 5.98. The van der Waals surface area contributed by atoms with Crippen LogP contribution in [-0.2, 0) is 14.4 Å². The van der Waals surface area contributed by atoms with Gasteiger partial charge in [0.15, 0.2) is 0 Å². The zero-order valence-corrected chi connectivity index (χ0v) is 15.9. The van der Waals surface area contributed by atoms with E-state index < -0.39 is 0 Å². The van der Waals surface area contributed by atoms with Gasteiger partial charge in [0.25, 0.3) is 0 Å². The van der Waals surface area contributed by atoms with E-state index in [0.29, 0.717) is 19.0 Å². The lowest BCUT2D eigenvalue weighted by atomic mass is 10.0. The highest BCUT2D eigenvalue weighted by Gasteiger charge is 2.32. The van der Waals surface area contributed by atoms with Crippen LogP contribution in [0, 0.1) is 0 Å². The first-order valence-electron chi connectivity index (χ1n) is 10.1. The molecule has 148 valence electrons. The van der Waals surface area contributed by atoms with E-state index in [1.807, 2.05) is 6.92 Å². The van der Waals surface area contributed by atoms with Crippen molar-refractivity contribution in [2.24, 2.45) is 0 Å². The van der Waals surface area contributed by atoms with Gasteiger partial charge < -0.3 is 15.5 Å². The van der Waals surface area contributed by atoms with Gasteiger partial charge >= 0.3 is 5.97 Å². The van der Waals surface area contributed by atoms with Crippen molar-refractivity contribution < 1.29 is 14.4 Å². The molecule has 8 heteroatoms. The normalized spacial score (nSPS) is 28.4. The maximum Gasteiger partial charge on any atom is 0.341 e. The van der Waals surface area contributed by atoms with E-state index >= 15 is 0 Å². The molecule has 26 heavy (non-hydrogen) atoms. The Morgan fingerprint density at radius 1 is 1.12 bits per heavy atom. The van der Waals surface area contributed by atoms with E-state index in [1.165, 1.54) is 12.8 Å². The molecule has 3 saturated heterocycles. The van der Waals surface area contributed by atoms with Crippen LogP contribution in [0.1, 0.15) is 39.0 Å².